The molecule has 0 radical (unpaired) electrons. The number of hydrogen-bond acceptors (Lipinski definition) is 6. The summed E-state index contributed by atoms with van der Waals surface area (Å²) in [5.74, 6) is -0.815. The van der Waals surface area contributed by atoms with Crippen molar-refractivity contribution in [2.45, 2.75) is 99.8 Å². The number of pyridine rings is 1. The fraction of sp³-hybridized carbons (Fsp3) is 0.594. The number of nitrogens with zero attached hydrogens (tertiary/aromatic N) is 1. The highest BCUT2D eigenvalue weighted by molar-refractivity contribution is 6.31. The summed E-state index contributed by atoms with van der Waals surface area (Å²) in [5.41, 5.74) is -0.133. The number of aliphatic hydroxyl groups is 1. The molecule has 2 aliphatic heterocycles. The fourth-order valence-corrected chi connectivity index (χ4v) is 8.65. The lowest BCUT2D eigenvalue weighted by Gasteiger charge is -2.50. The molecule has 0 unspecified atom stereocenters. The van der Waals surface area contributed by atoms with E-state index in [1.165, 1.54) is 0 Å². The molecule has 8 nitrogen and oxygen atoms in total. The van der Waals surface area contributed by atoms with Crippen molar-refractivity contribution in [2.75, 3.05) is 19.0 Å². The third-order valence-electron chi connectivity index (χ3n) is 10.5. The molecule has 2 saturated carbocycles. The number of rotatable bonds is 5. The van der Waals surface area contributed by atoms with Gasteiger partial charge in [0, 0.05) is 41.5 Å². The minimum atomic E-state index is -1.07. The van der Waals surface area contributed by atoms with Crippen molar-refractivity contribution in [1.29, 1.82) is 0 Å². The van der Waals surface area contributed by atoms with Gasteiger partial charge in [0.25, 0.3) is 0 Å². The Balaban J connectivity index is 1.44. The predicted molar refractivity (Wildman–Crippen MR) is 163 cm³/mol. The monoisotopic (exact) mass is 614 g/mol. The number of ether oxygens (including phenoxy) is 1. The lowest BCUT2D eigenvalue weighted by Crippen LogP contribution is -2.61. The van der Waals surface area contributed by atoms with Gasteiger partial charge in [-0.05, 0) is 92.2 Å². The van der Waals surface area contributed by atoms with E-state index in [4.69, 9.17) is 27.9 Å². The zero-order valence-corrected chi connectivity index (χ0v) is 25.9. The number of carbonyl (C=O) groups excluding carboxylic acids is 2. The molecule has 2 aliphatic carbocycles. The van der Waals surface area contributed by atoms with Gasteiger partial charge in [-0.3, -0.25) is 14.9 Å². The number of carbonyl (C=O) groups is 2. The first-order valence-corrected chi connectivity index (χ1v) is 15.7. The Bertz CT molecular complexity index is 1380. The summed E-state index contributed by atoms with van der Waals surface area (Å²) in [5, 5.41) is 21.9. The van der Waals surface area contributed by atoms with Crippen molar-refractivity contribution >= 4 is 40.7 Å². The Morgan fingerprint density at radius 3 is 2.48 bits per heavy atom. The van der Waals surface area contributed by atoms with E-state index in [0.717, 1.165) is 36.8 Å². The molecule has 4 N–H and O–H groups in total. The first kappa shape index (κ1) is 29.8. The van der Waals surface area contributed by atoms with Crippen molar-refractivity contribution in [2.24, 2.45) is 5.41 Å². The number of amides is 2. The number of nitrogens with one attached hydrogen (secondary N) is 3. The van der Waals surface area contributed by atoms with Gasteiger partial charge in [-0.1, -0.05) is 43.1 Å². The molecule has 226 valence electrons. The maximum Gasteiger partial charge on any atom is 0.238 e. The Kier molecular flexibility index (Phi) is 7.62. The van der Waals surface area contributed by atoms with Crippen LogP contribution in [0.25, 0.3) is 0 Å². The van der Waals surface area contributed by atoms with Crippen molar-refractivity contribution in [3.8, 4) is 0 Å². The van der Waals surface area contributed by atoms with Gasteiger partial charge in [0.05, 0.1) is 18.2 Å². The molecule has 10 heteroatoms. The molecule has 3 fully saturated rings. The summed E-state index contributed by atoms with van der Waals surface area (Å²) in [6.07, 6.45) is 7.34. The largest absolute Gasteiger partial charge is 0.387 e. The van der Waals surface area contributed by atoms with Gasteiger partial charge in [-0.15, -0.1) is 0 Å². The minimum Gasteiger partial charge on any atom is -0.387 e. The van der Waals surface area contributed by atoms with Crippen LogP contribution in [0.1, 0.15) is 82.3 Å². The molecule has 6 rings (SSSR count). The van der Waals surface area contributed by atoms with E-state index in [2.05, 4.69) is 34.8 Å². The Hall–Kier alpha value is -2.23. The Morgan fingerprint density at radius 2 is 1.81 bits per heavy atom. The maximum atomic E-state index is 14.5. The summed E-state index contributed by atoms with van der Waals surface area (Å²) >= 11 is 12.8. The van der Waals surface area contributed by atoms with Gasteiger partial charge in [0.1, 0.15) is 10.6 Å². The number of methoxy groups -OCH3 is 1. The van der Waals surface area contributed by atoms with Gasteiger partial charge in [0.2, 0.25) is 11.8 Å². The van der Waals surface area contributed by atoms with E-state index in [0.29, 0.717) is 41.5 Å². The smallest absolute Gasteiger partial charge is 0.238 e. The van der Waals surface area contributed by atoms with E-state index in [1.54, 1.807) is 25.4 Å². The van der Waals surface area contributed by atoms with Crippen molar-refractivity contribution in [3.05, 3.63) is 57.8 Å². The van der Waals surface area contributed by atoms with Crippen LogP contribution in [0, 0.1) is 5.41 Å². The lowest BCUT2D eigenvalue weighted by atomic mass is 9.53. The quantitative estimate of drug-likeness (QED) is 0.348. The normalized spacial score (nSPS) is 33.0. The van der Waals surface area contributed by atoms with Crippen LogP contribution >= 0.6 is 23.2 Å². The summed E-state index contributed by atoms with van der Waals surface area (Å²) < 4.78 is 5.22. The van der Waals surface area contributed by atoms with Crippen LogP contribution in [0.4, 0.5) is 5.69 Å². The topological polar surface area (TPSA) is 113 Å². The van der Waals surface area contributed by atoms with E-state index >= 15 is 0 Å². The molecule has 1 aromatic heterocycles. The zero-order chi connectivity index (χ0) is 29.9. The number of hydrogen-bond donors (Lipinski definition) is 4. The minimum absolute atomic E-state index is 0.0839. The summed E-state index contributed by atoms with van der Waals surface area (Å²) in [4.78, 5) is 33.1. The molecule has 2 aromatic rings. The second-order valence-electron chi connectivity index (χ2n) is 13.7. The Labute approximate surface area is 257 Å². The first-order valence-electron chi connectivity index (χ1n) is 14.9. The average Bonchev–Trinajstić information content (AvgIpc) is 3.40. The van der Waals surface area contributed by atoms with Gasteiger partial charge >= 0.3 is 0 Å². The second-order valence-corrected chi connectivity index (χ2v) is 14.5. The van der Waals surface area contributed by atoms with Crippen LogP contribution in [-0.2, 0) is 19.7 Å². The maximum absolute atomic E-state index is 14.5. The molecule has 1 aromatic carbocycles. The molecule has 4 aliphatic rings. The lowest BCUT2D eigenvalue weighted by molar-refractivity contribution is -0.125. The molecule has 3 atom stereocenters. The van der Waals surface area contributed by atoms with Crippen LogP contribution < -0.4 is 16.0 Å². The van der Waals surface area contributed by atoms with E-state index in [9.17, 15) is 14.7 Å². The molecule has 2 amide bonds. The third-order valence-corrected chi connectivity index (χ3v) is 11.0. The van der Waals surface area contributed by atoms with Crippen LogP contribution in [0.15, 0.2) is 36.5 Å². The summed E-state index contributed by atoms with van der Waals surface area (Å²) in [6.45, 7) is 4.81. The van der Waals surface area contributed by atoms with Crippen LogP contribution in [0.5, 0.6) is 0 Å². The number of benzene rings is 1. The highest BCUT2D eigenvalue weighted by Crippen LogP contribution is 2.63. The SMILES string of the molecule is COCC1(O)CCC(NC(=O)[C@@H]2NC3(CCC(C)(C)CC3)[C@@]3(C(=O)Nc4cc(Cl)ccc43)[C@H]2c2ccnc(Cl)c2)CC1. The van der Waals surface area contributed by atoms with Crippen LogP contribution in [0.3, 0.4) is 0 Å². The molecular weight excluding hydrogens is 575 g/mol. The standard InChI is InChI=1S/C32H40Cl2N4O4/c1-29(2)11-13-31(14-12-29)32(22-5-4-20(33)17-23(22)37-28(32)40)25(19-8-15-35-24(34)16-19)26(38-31)27(39)36-21-6-9-30(41,10-7-21)18-42-3/h4-5,8,15-17,21,25-26,38,41H,6-7,9-14,18H2,1-3H3,(H,36,39)(H,37,40)/t21?,25-,26+,30?,32+/m0/s1. The highest BCUT2D eigenvalue weighted by atomic mass is 35.5. The number of fused-ring (bicyclic) bond motifs is 3. The zero-order valence-electron chi connectivity index (χ0n) is 24.4. The molecule has 1 saturated heterocycles. The van der Waals surface area contributed by atoms with Crippen LogP contribution in [0.2, 0.25) is 10.2 Å². The van der Waals surface area contributed by atoms with Gasteiger partial charge < -0.3 is 20.5 Å². The first-order chi connectivity index (χ1) is 19.9. The Morgan fingerprint density at radius 1 is 1.10 bits per heavy atom. The third kappa shape index (κ3) is 4.84. The van der Waals surface area contributed by atoms with E-state index in [-0.39, 0.29) is 29.9 Å². The summed E-state index contributed by atoms with van der Waals surface area (Å²) in [7, 11) is 1.59. The van der Waals surface area contributed by atoms with Gasteiger partial charge in [-0.25, -0.2) is 4.98 Å². The molecule has 3 heterocycles. The molecular formula is C32H40Cl2N4O4. The molecule has 42 heavy (non-hydrogen) atoms. The fourth-order valence-electron chi connectivity index (χ4n) is 8.30. The van der Waals surface area contributed by atoms with Crippen molar-refractivity contribution in [3.63, 3.8) is 0 Å². The average molecular weight is 616 g/mol. The van der Waals surface area contributed by atoms with Crippen molar-refractivity contribution < 1.29 is 19.4 Å². The van der Waals surface area contributed by atoms with E-state index < -0.39 is 28.5 Å². The number of anilines is 1. The summed E-state index contributed by atoms with van der Waals surface area (Å²) in [6, 6.07) is 8.46. The van der Waals surface area contributed by atoms with Crippen LogP contribution in [-0.4, -0.2) is 58.8 Å². The van der Waals surface area contributed by atoms with Gasteiger partial charge in [-0.2, -0.15) is 0 Å². The predicted octanol–water partition coefficient (Wildman–Crippen LogP) is 5.11. The highest BCUT2D eigenvalue weighted by Gasteiger charge is 2.72. The van der Waals surface area contributed by atoms with Gasteiger partial charge in [0.15, 0.2) is 0 Å². The van der Waals surface area contributed by atoms with E-state index in [1.807, 2.05) is 18.2 Å². The van der Waals surface area contributed by atoms with Crippen molar-refractivity contribution in [1.82, 2.24) is 15.6 Å². The number of aromatic nitrogens is 1. The number of halogens is 2. The molecule has 2 spiro atoms. The second kappa shape index (κ2) is 10.7. The molecule has 0 bridgehead atoms.